The minimum Gasteiger partial charge on any atom is -0.315 e. The number of hydrogen-bond donors (Lipinski definition) is 1. The molecule has 2 aromatic rings. The lowest BCUT2D eigenvalue weighted by molar-refractivity contribution is 0.569. The highest BCUT2D eigenvalue weighted by Crippen LogP contribution is 2.16. The Bertz CT molecular complexity index is 538. The van der Waals surface area contributed by atoms with Crippen LogP contribution in [0.5, 0.6) is 0 Å². The highest BCUT2D eigenvalue weighted by molar-refractivity contribution is 7.09. The lowest BCUT2D eigenvalue weighted by atomic mass is 10.1. The Morgan fingerprint density at radius 2 is 1.90 bits per heavy atom. The fourth-order valence-electron chi connectivity index (χ4n) is 2.47. The molecular formula is C17H25N3S. The summed E-state index contributed by atoms with van der Waals surface area (Å²) in [5, 5.41) is 5.56. The van der Waals surface area contributed by atoms with Crippen LogP contribution in [0.4, 0.5) is 0 Å². The maximum absolute atomic E-state index is 4.70. The van der Waals surface area contributed by atoms with Gasteiger partial charge in [0.2, 0.25) is 0 Å². The molecule has 0 radical (unpaired) electrons. The molecule has 1 N–H and O–H groups in total. The number of aromatic nitrogens is 2. The third-order valence-electron chi connectivity index (χ3n) is 3.54. The number of nitrogens with one attached hydrogen (secondary N) is 1. The Morgan fingerprint density at radius 3 is 2.48 bits per heavy atom. The van der Waals surface area contributed by atoms with E-state index in [9.17, 15) is 0 Å². The molecule has 21 heavy (non-hydrogen) atoms. The molecule has 0 saturated carbocycles. The molecule has 0 aliphatic heterocycles. The minimum atomic E-state index is 0.552. The second-order valence-electron chi connectivity index (χ2n) is 5.76. The van der Waals surface area contributed by atoms with Crippen LogP contribution < -0.4 is 5.32 Å². The molecule has 2 aromatic heterocycles. The van der Waals surface area contributed by atoms with E-state index < -0.39 is 0 Å². The molecule has 2 heterocycles. The first-order valence-electron chi connectivity index (χ1n) is 7.65. The Morgan fingerprint density at radius 1 is 1.19 bits per heavy atom. The molecule has 0 amide bonds. The zero-order valence-electron chi connectivity index (χ0n) is 13.4. The Hall–Kier alpha value is -1.26. The molecule has 3 nitrogen and oxygen atoms in total. The Kier molecular flexibility index (Phi) is 5.88. The van der Waals surface area contributed by atoms with Gasteiger partial charge in [-0.1, -0.05) is 19.9 Å². The fourth-order valence-corrected chi connectivity index (χ4v) is 3.18. The summed E-state index contributed by atoms with van der Waals surface area (Å²) in [7, 11) is 0. The van der Waals surface area contributed by atoms with E-state index in [0.717, 1.165) is 43.0 Å². The zero-order valence-corrected chi connectivity index (χ0v) is 14.3. The average Bonchev–Trinajstić information content (AvgIpc) is 2.89. The van der Waals surface area contributed by atoms with E-state index >= 15 is 0 Å². The second-order valence-corrected chi connectivity index (χ2v) is 6.79. The molecule has 0 saturated heterocycles. The molecule has 0 unspecified atom stereocenters. The molecule has 0 spiro atoms. The monoisotopic (exact) mass is 303 g/mol. The van der Waals surface area contributed by atoms with Crippen LogP contribution in [0, 0.1) is 13.8 Å². The van der Waals surface area contributed by atoms with Crippen molar-refractivity contribution in [2.75, 3.05) is 6.54 Å². The lowest BCUT2D eigenvalue weighted by Crippen LogP contribution is -2.24. The Labute approximate surface area is 131 Å². The maximum Gasteiger partial charge on any atom is 0.134 e. The van der Waals surface area contributed by atoms with Gasteiger partial charge in [-0.05, 0) is 50.2 Å². The number of nitrogens with zero attached hydrogens (tertiary/aromatic N) is 2. The molecule has 114 valence electrons. The molecule has 0 aromatic carbocycles. The summed E-state index contributed by atoms with van der Waals surface area (Å²) in [5.74, 6) is 0.941. The molecular weight excluding hydrogens is 278 g/mol. The fraction of sp³-hybridized carbons (Fsp3) is 0.529. The maximum atomic E-state index is 4.70. The van der Waals surface area contributed by atoms with Gasteiger partial charge >= 0.3 is 0 Å². The molecule has 2 rings (SSSR count). The van der Waals surface area contributed by atoms with Crippen LogP contribution >= 0.6 is 11.3 Å². The molecule has 0 fully saturated rings. The summed E-state index contributed by atoms with van der Waals surface area (Å²) in [6.45, 7) is 9.63. The Balaban J connectivity index is 1.99. The van der Waals surface area contributed by atoms with Gasteiger partial charge in [-0.3, -0.25) is 0 Å². The van der Waals surface area contributed by atoms with Gasteiger partial charge in [-0.25, -0.2) is 9.97 Å². The number of aryl methyl sites for hydroxylation is 2. The summed E-state index contributed by atoms with van der Waals surface area (Å²) in [5.41, 5.74) is 3.59. The van der Waals surface area contributed by atoms with Crippen LogP contribution in [0.2, 0.25) is 0 Å². The van der Waals surface area contributed by atoms with Gasteiger partial charge in [0.1, 0.15) is 5.82 Å². The number of hydrogen-bond acceptors (Lipinski definition) is 4. The summed E-state index contributed by atoms with van der Waals surface area (Å²) in [4.78, 5) is 10.7. The van der Waals surface area contributed by atoms with Crippen molar-refractivity contribution in [2.24, 2.45) is 0 Å². The van der Waals surface area contributed by atoms with E-state index in [0.29, 0.717) is 6.04 Å². The highest BCUT2D eigenvalue weighted by atomic mass is 32.1. The smallest absolute Gasteiger partial charge is 0.134 e. The van der Waals surface area contributed by atoms with Crippen LogP contribution in [-0.2, 0) is 12.8 Å². The minimum absolute atomic E-state index is 0.552. The van der Waals surface area contributed by atoms with Crippen LogP contribution in [-0.4, -0.2) is 22.6 Å². The van der Waals surface area contributed by atoms with Gasteiger partial charge in [0.15, 0.2) is 0 Å². The van der Waals surface area contributed by atoms with Crippen molar-refractivity contribution in [1.29, 1.82) is 0 Å². The molecule has 4 heteroatoms. The van der Waals surface area contributed by atoms with E-state index in [4.69, 9.17) is 9.97 Å². The standard InChI is InChI=1S/C17H25N3S/c1-12(2)18-9-5-8-16-13(3)19-17(20-14(16)4)11-15-7-6-10-21-15/h6-7,10,12,18H,5,8-9,11H2,1-4H3. The van der Waals surface area contributed by atoms with Gasteiger partial charge in [0.25, 0.3) is 0 Å². The van der Waals surface area contributed by atoms with Gasteiger partial charge < -0.3 is 5.32 Å². The predicted octanol–water partition coefficient (Wildman–Crippen LogP) is 3.68. The van der Waals surface area contributed by atoms with Crippen LogP contribution in [0.15, 0.2) is 17.5 Å². The van der Waals surface area contributed by atoms with Gasteiger partial charge in [0, 0.05) is 28.7 Å². The largest absolute Gasteiger partial charge is 0.315 e. The average molecular weight is 303 g/mol. The summed E-state index contributed by atoms with van der Waals surface area (Å²) < 4.78 is 0. The van der Waals surface area contributed by atoms with Crippen molar-refractivity contribution in [1.82, 2.24) is 15.3 Å². The summed E-state index contributed by atoms with van der Waals surface area (Å²) in [6.07, 6.45) is 3.03. The third kappa shape index (κ3) is 4.90. The number of thiophene rings is 1. The van der Waals surface area contributed by atoms with Crippen molar-refractivity contribution in [2.45, 2.75) is 53.0 Å². The van der Waals surface area contributed by atoms with Crippen molar-refractivity contribution in [3.8, 4) is 0 Å². The topological polar surface area (TPSA) is 37.8 Å². The number of rotatable bonds is 7. The van der Waals surface area contributed by atoms with E-state index in [1.54, 1.807) is 11.3 Å². The first-order chi connectivity index (χ1) is 10.1. The van der Waals surface area contributed by atoms with E-state index in [1.807, 2.05) is 0 Å². The first kappa shape index (κ1) is 16.1. The SMILES string of the molecule is Cc1nc(Cc2cccs2)nc(C)c1CCCNC(C)C. The normalized spacial score (nSPS) is 11.3. The lowest BCUT2D eigenvalue weighted by Gasteiger charge is -2.12. The van der Waals surface area contributed by atoms with E-state index in [1.165, 1.54) is 10.4 Å². The van der Waals surface area contributed by atoms with Crippen LogP contribution in [0.1, 0.15) is 47.9 Å². The second kappa shape index (κ2) is 7.66. The summed E-state index contributed by atoms with van der Waals surface area (Å²) in [6, 6.07) is 4.77. The van der Waals surface area contributed by atoms with Crippen LogP contribution in [0.3, 0.4) is 0 Å². The quantitative estimate of drug-likeness (QED) is 0.793. The van der Waals surface area contributed by atoms with Crippen LogP contribution in [0.25, 0.3) is 0 Å². The van der Waals surface area contributed by atoms with Crippen molar-refractivity contribution >= 4 is 11.3 Å². The van der Waals surface area contributed by atoms with E-state index in [2.05, 4.69) is 50.5 Å². The predicted molar refractivity (Wildman–Crippen MR) is 90.1 cm³/mol. The van der Waals surface area contributed by atoms with Crippen molar-refractivity contribution < 1.29 is 0 Å². The highest BCUT2D eigenvalue weighted by Gasteiger charge is 2.09. The van der Waals surface area contributed by atoms with Crippen molar-refractivity contribution in [3.63, 3.8) is 0 Å². The third-order valence-corrected chi connectivity index (χ3v) is 4.41. The molecule has 0 aliphatic carbocycles. The first-order valence-corrected chi connectivity index (χ1v) is 8.53. The zero-order chi connectivity index (χ0) is 15.2. The summed E-state index contributed by atoms with van der Waals surface area (Å²) >= 11 is 1.76. The van der Waals surface area contributed by atoms with E-state index in [-0.39, 0.29) is 0 Å². The molecule has 0 bridgehead atoms. The van der Waals surface area contributed by atoms with Crippen molar-refractivity contribution in [3.05, 3.63) is 45.2 Å². The van der Waals surface area contributed by atoms with Gasteiger partial charge in [-0.2, -0.15) is 0 Å². The molecule has 0 atom stereocenters. The molecule has 0 aliphatic rings. The van der Waals surface area contributed by atoms with Gasteiger partial charge in [0.05, 0.1) is 0 Å². The van der Waals surface area contributed by atoms with Gasteiger partial charge in [-0.15, -0.1) is 11.3 Å².